The maximum Gasteiger partial charge on any atom is 0.305 e. The number of carbonyl (C=O) groups excluding carboxylic acids is 5. The Balaban J connectivity index is 0.976. The van der Waals surface area contributed by atoms with Crippen molar-refractivity contribution in [2.75, 3.05) is 52.4 Å². The molecule has 1 saturated carbocycles. The van der Waals surface area contributed by atoms with E-state index in [1.165, 1.54) is 64.2 Å². The molecule has 4 amide bonds. The van der Waals surface area contributed by atoms with E-state index < -0.39 is 24.0 Å². The summed E-state index contributed by atoms with van der Waals surface area (Å²) in [6, 6.07) is 14.0. The van der Waals surface area contributed by atoms with Gasteiger partial charge < -0.3 is 14.9 Å². The van der Waals surface area contributed by atoms with Gasteiger partial charge >= 0.3 is 5.97 Å². The third-order valence-electron chi connectivity index (χ3n) is 13.3. The van der Waals surface area contributed by atoms with Gasteiger partial charge in [0, 0.05) is 51.2 Å². The maximum absolute atomic E-state index is 13.1. The number of benzene rings is 2. The second-order valence-corrected chi connectivity index (χ2v) is 18.9. The van der Waals surface area contributed by atoms with Crippen molar-refractivity contribution in [2.24, 2.45) is 5.92 Å². The summed E-state index contributed by atoms with van der Waals surface area (Å²) < 4.78 is 5.87. The minimum Gasteiger partial charge on any atom is -0.465 e. The van der Waals surface area contributed by atoms with Gasteiger partial charge in [-0.05, 0) is 81.5 Å². The number of aliphatic hydroxyl groups is 2. The third-order valence-corrected chi connectivity index (χ3v) is 13.3. The lowest BCUT2D eigenvalue weighted by Gasteiger charge is -2.30. The van der Waals surface area contributed by atoms with Crippen molar-refractivity contribution in [3.05, 3.63) is 70.8 Å². The van der Waals surface area contributed by atoms with Crippen LogP contribution in [0, 0.1) is 5.92 Å². The number of amides is 4. The Morgan fingerprint density at radius 2 is 1.17 bits per heavy atom. The van der Waals surface area contributed by atoms with Crippen LogP contribution in [-0.4, -0.2) is 141 Å². The number of aliphatic hydroxyl groups excluding tert-OH is 2. The van der Waals surface area contributed by atoms with Crippen molar-refractivity contribution in [3.8, 4) is 0 Å². The van der Waals surface area contributed by atoms with E-state index in [-0.39, 0.29) is 50.0 Å². The highest BCUT2D eigenvalue weighted by Gasteiger charge is 2.41. The number of fused-ring (bicyclic) bond motifs is 2. The number of hydrogen-bond donors (Lipinski definition) is 3. The molecule has 2 aromatic carbocycles. The Labute approximate surface area is 386 Å². The molecule has 1 aliphatic carbocycles. The fourth-order valence-electron chi connectivity index (χ4n) is 9.35. The molecule has 3 N–H and O–H groups in total. The van der Waals surface area contributed by atoms with Crippen LogP contribution in [0.3, 0.4) is 0 Å². The molecule has 358 valence electrons. The fraction of sp³-hybridized carbons (Fsp3) is 0.667. The number of hydrogen-bond acceptors (Lipinski definition) is 12. The van der Waals surface area contributed by atoms with Gasteiger partial charge in [-0.25, -0.2) is 15.0 Å². The predicted octanol–water partition coefficient (Wildman–Crippen LogP) is 7.00. The van der Waals surface area contributed by atoms with Crippen LogP contribution in [-0.2, 0) is 9.53 Å². The van der Waals surface area contributed by atoms with E-state index in [0.717, 1.165) is 61.3 Å². The lowest BCUT2D eigenvalue weighted by molar-refractivity contribution is -0.145. The average Bonchev–Trinajstić information content (AvgIpc) is 4.24. The van der Waals surface area contributed by atoms with E-state index in [1.807, 2.05) is 5.01 Å². The molecular weight excluding hydrogens is 825 g/mol. The van der Waals surface area contributed by atoms with E-state index in [1.54, 1.807) is 48.5 Å². The lowest BCUT2D eigenvalue weighted by atomic mass is 9.95. The molecule has 2 aromatic rings. The number of rotatable bonds is 34. The molecule has 0 bridgehead atoms. The van der Waals surface area contributed by atoms with Crippen molar-refractivity contribution in [1.29, 1.82) is 0 Å². The quantitative estimate of drug-likeness (QED) is 0.0217. The zero-order valence-electron chi connectivity index (χ0n) is 39.2. The normalized spacial score (nSPS) is 19.4. The van der Waals surface area contributed by atoms with Crippen LogP contribution in [0.1, 0.15) is 177 Å². The molecule has 3 heterocycles. The average molecular weight is 901 g/mol. The summed E-state index contributed by atoms with van der Waals surface area (Å²) in [5.41, 5.74) is 4.92. The molecule has 5 atom stereocenters. The molecular formula is C51H76N6O8. The van der Waals surface area contributed by atoms with Gasteiger partial charge in [0.2, 0.25) is 0 Å². The van der Waals surface area contributed by atoms with Crippen molar-refractivity contribution in [2.45, 2.75) is 160 Å². The van der Waals surface area contributed by atoms with Gasteiger partial charge in [0.1, 0.15) is 0 Å². The third kappa shape index (κ3) is 15.2. The summed E-state index contributed by atoms with van der Waals surface area (Å²) in [6.07, 6.45) is 18.2. The SMILES string of the molecule is CCCCCCCCC(CCCCCC)COC(=O)CCCC1CN1N(CCCCN(CC(O)CN1C(=O)c2ccccc2C1=O)NC1CC1)CC(O)CN1C(=O)c2ccccc2C1=O. The molecule has 6 rings (SSSR count). The van der Waals surface area contributed by atoms with Crippen LogP contribution in [0.25, 0.3) is 0 Å². The molecule has 0 radical (unpaired) electrons. The Bertz CT molecular complexity index is 1800. The van der Waals surface area contributed by atoms with E-state index >= 15 is 0 Å². The minimum atomic E-state index is -0.981. The van der Waals surface area contributed by atoms with Crippen LogP contribution >= 0.6 is 0 Å². The highest BCUT2D eigenvalue weighted by Crippen LogP contribution is 2.29. The molecule has 1 saturated heterocycles. The zero-order chi connectivity index (χ0) is 46.1. The van der Waals surface area contributed by atoms with Crippen LogP contribution < -0.4 is 5.43 Å². The summed E-state index contributed by atoms with van der Waals surface area (Å²) in [5, 5.41) is 28.8. The Hall–Kier alpha value is -4.05. The van der Waals surface area contributed by atoms with E-state index in [0.29, 0.717) is 66.8 Å². The molecule has 5 unspecified atom stereocenters. The molecule has 4 aliphatic rings. The summed E-state index contributed by atoms with van der Waals surface area (Å²) >= 11 is 0. The van der Waals surface area contributed by atoms with E-state index in [2.05, 4.69) is 29.3 Å². The summed E-state index contributed by atoms with van der Waals surface area (Å²) in [7, 11) is 0. The molecule has 65 heavy (non-hydrogen) atoms. The van der Waals surface area contributed by atoms with Crippen LogP contribution in [0.15, 0.2) is 48.5 Å². The van der Waals surface area contributed by atoms with Crippen molar-refractivity contribution in [1.82, 2.24) is 30.3 Å². The Kier molecular flexibility index (Phi) is 20.0. The Morgan fingerprint density at radius 1 is 0.677 bits per heavy atom. The van der Waals surface area contributed by atoms with E-state index in [9.17, 15) is 34.2 Å². The molecule has 2 fully saturated rings. The topological polar surface area (TPSA) is 163 Å². The molecule has 0 spiro atoms. The predicted molar refractivity (Wildman–Crippen MR) is 250 cm³/mol. The van der Waals surface area contributed by atoms with Crippen LogP contribution in [0.5, 0.6) is 0 Å². The molecule has 0 aromatic heterocycles. The number of unbranched alkanes of at least 4 members (excludes halogenated alkanes) is 9. The number of esters is 1. The maximum atomic E-state index is 13.1. The fourth-order valence-corrected chi connectivity index (χ4v) is 9.35. The van der Waals surface area contributed by atoms with Gasteiger partial charge in [-0.2, -0.15) is 0 Å². The van der Waals surface area contributed by atoms with Gasteiger partial charge in [-0.3, -0.25) is 39.2 Å². The lowest BCUT2D eigenvalue weighted by Crippen LogP contribution is -2.48. The first-order valence-electron chi connectivity index (χ1n) is 25.0. The minimum absolute atomic E-state index is 0.0963. The standard InChI is InChI=1S/C51H76N6O8/c1-3-5-7-9-10-12-21-38(20-11-8-6-4-2)37-65-47(60)27-19-22-40-32-57(40)54(34-42(59)36-56-50(63)45-25-15-16-26-46(45)51(56)64)31-18-17-30-53(52-39-28-29-39)33-41(58)35-55-48(61)43-23-13-14-24-44(43)49(55)62/h13-16,23-26,38-42,52,58-59H,3-12,17-22,27-37H2,1-2H3. The molecule has 3 aliphatic heterocycles. The summed E-state index contributed by atoms with van der Waals surface area (Å²) in [6.45, 7) is 7.25. The van der Waals surface area contributed by atoms with Gasteiger partial charge in [0.25, 0.3) is 23.6 Å². The largest absolute Gasteiger partial charge is 0.465 e. The summed E-state index contributed by atoms with van der Waals surface area (Å²) in [4.78, 5) is 67.4. The Morgan fingerprint density at radius 3 is 1.71 bits per heavy atom. The first-order valence-corrected chi connectivity index (χ1v) is 25.0. The molecule has 14 nitrogen and oxygen atoms in total. The number of ether oxygens (including phenoxy) is 1. The number of nitrogens with one attached hydrogen (secondary N) is 1. The first-order chi connectivity index (χ1) is 31.6. The van der Waals surface area contributed by atoms with Crippen molar-refractivity contribution >= 4 is 29.6 Å². The van der Waals surface area contributed by atoms with E-state index in [4.69, 9.17) is 4.74 Å². The van der Waals surface area contributed by atoms with Crippen LogP contribution in [0.4, 0.5) is 0 Å². The van der Waals surface area contributed by atoms with Gasteiger partial charge in [0.15, 0.2) is 0 Å². The number of imide groups is 2. The highest BCUT2D eigenvalue weighted by atomic mass is 16.5. The van der Waals surface area contributed by atoms with Gasteiger partial charge in [-0.15, -0.1) is 0 Å². The second-order valence-electron chi connectivity index (χ2n) is 18.9. The van der Waals surface area contributed by atoms with Crippen molar-refractivity contribution in [3.63, 3.8) is 0 Å². The monoisotopic (exact) mass is 901 g/mol. The number of carbonyl (C=O) groups is 5. The van der Waals surface area contributed by atoms with Gasteiger partial charge in [0.05, 0.1) is 54.2 Å². The second kappa shape index (κ2) is 25.7. The number of hydrazine groups is 2. The van der Waals surface area contributed by atoms with Crippen LogP contribution in [0.2, 0.25) is 0 Å². The number of β-amino-alcohol motifs (C(OH)–C–C–N with tert-alkyl or cyclic N) is 2. The smallest absolute Gasteiger partial charge is 0.305 e. The zero-order valence-corrected chi connectivity index (χ0v) is 39.2. The molecule has 14 heteroatoms. The first kappa shape index (κ1) is 50.4. The summed E-state index contributed by atoms with van der Waals surface area (Å²) in [5.74, 6) is -1.28. The van der Waals surface area contributed by atoms with Gasteiger partial charge in [-0.1, -0.05) is 102 Å². The number of nitrogens with zero attached hydrogens (tertiary/aromatic N) is 5. The van der Waals surface area contributed by atoms with Crippen molar-refractivity contribution < 1.29 is 38.9 Å². The highest BCUT2D eigenvalue weighted by molar-refractivity contribution is 6.22.